The third kappa shape index (κ3) is 4.76. The molecule has 0 aromatic carbocycles. The Morgan fingerprint density at radius 2 is 2.20 bits per heavy atom. The molecule has 0 aliphatic heterocycles. The zero-order valence-electron chi connectivity index (χ0n) is 10.2. The molecule has 0 spiro atoms. The molecule has 15 heavy (non-hydrogen) atoms. The number of aromatic nitrogens is 1. The van der Waals surface area contributed by atoms with Gasteiger partial charge in [-0.15, -0.1) is 11.3 Å². The van der Waals surface area contributed by atoms with Crippen molar-refractivity contribution in [1.29, 1.82) is 0 Å². The van der Waals surface area contributed by atoms with Crippen molar-refractivity contribution in [2.24, 2.45) is 5.92 Å². The average molecular weight is 226 g/mol. The van der Waals surface area contributed by atoms with Crippen LogP contribution < -0.4 is 5.32 Å². The molecule has 0 saturated heterocycles. The van der Waals surface area contributed by atoms with Crippen molar-refractivity contribution in [3.63, 3.8) is 0 Å². The quantitative estimate of drug-likeness (QED) is 0.804. The van der Waals surface area contributed by atoms with Crippen molar-refractivity contribution >= 4 is 11.3 Å². The van der Waals surface area contributed by atoms with E-state index >= 15 is 0 Å². The van der Waals surface area contributed by atoms with Gasteiger partial charge in [-0.25, -0.2) is 4.98 Å². The molecule has 1 N–H and O–H groups in total. The summed E-state index contributed by atoms with van der Waals surface area (Å²) < 4.78 is 0. The summed E-state index contributed by atoms with van der Waals surface area (Å²) in [5.74, 6) is 0.811. The van der Waals surface area contributed by atoms with Gasteiger partial charge in [-0.1, -0.05) is 20.3 Å². The molecule has 1 aromatic heterocycles. The van der Waals surface area contributed by atoms with Crippen LogP contribution in [0.2, 0.25) is 0 Å². The molecule has 2 atom stereocenters. The second kappa shape index (κ2) is 6.23. The summed E-state index contributed by atoms with van der Waals surface area (Å²) in [4.78, 5) is 4.44. The molecule has 0 aliphatic carbocycles. The molecule has 2 unspecified atom stereocenters. The Kier molecular flexibility index (Phi) is 5.26. The Morgan fingerprint density at radius 1 is 1.47 bits per heavy atom. The normalized spacial score (nSPS) is 15.2. The summed E-state index contributed by atoms with van der Waals surface area (Å²) in [6.07, 6.45) is 2.52. The molecule has 86 valence electrons. The van der Waals surface area contributed by atoms with Crippen LogP contribution in [0.1, 0.15) is 44.3 Å². The molecule has 0 fully saturated rings. The van der Waals surface area contributed by atoms with Gasteiger partial charge in [0.2, 0.25) is 0 Å². The summed E-state index contributed by atoms with van der Waals surface area (Å²) in [6.45, 7) is 9.78. The Hall–Kier alpha value is -0.410. The largest absolute Gasteiger partial charge is 0.308 e. The maximum Gasteiger partial charge on any atom is 0.107 e. The molecule has 1 rings (SSSR count). The zero-order valence-corrected chi connectivity index (χ0v) is 11.0. The molecular weight excluding hydrogens is 204 g/mol. The lowest BCUT2D eigenvalue weighted by atomic mass is 10.0. The van der Waals surface area contributed by atoms with Crippen molar-refractivity contribution in [2.75, 3.05) is 0 Å². The van der Waals surface area contributed by atoms with Crippen molar-refractivity contribution in [1.82, 2.24) is 10.3 Å². The summed E-state index contributed by atoms with van der Waals surface area (Å²) in [5.41, 5.74) is 1.13. The molecule has 1 heterocycles. The first-order chi connectivity index (χ1) is 7.11. The highest BCUT2D eigenvalue weighted by atomic mass is 32.1. The van der Waals surface area contributed by atoms with E-state index < -0.39 is 0 Å². The number of nitrogens with zero attached hydrogens (tertiary/aromatic N) is 1. The second-order valence-electron chi connectivity index (χ2n) is 4.41. The lowest BCUT2D eigenvalue weighted by Crippen LogP contribution is -2.27. The van der Waals surface area contributed by atoms with Gasteiger partial charge in [0.15, 0.2) is 0 Å². The molecule has 0 aliphatic rings. The van der Waals surface area contributed by atoms with Gasteiger partial charge >= 0.3 is 0 Å². The average Bonchev–Trinajstić information content (AvgIpc) is 2.61. The molecular formula is C12H22N2S. The zero-order chi connectivity index (χ0) is 11.3. The molecule has 1 aromatic rings. The lowest BCUT2D eigenvalue weighted by Gasteiger charge is -2.16. The fraction of sp³-hybridized carbons (Fsp3) is 0.750. The fourth-order valence-corrected chi connectivity index (χ4v) is 2.32. The molecule has 0 bridgehead atoms. The van der Waals surface area contributed by atoms with Gasteiger partial charge < -0.3 is 5.32 Å². The van der Waals surface area contributed by atoms with E-state index in [-0.39, 0.29) is 0 Å². The summed E-state index contributed by atoms with van der Waals surface area (Å²) in [5, 5.41) is 6.83. The van der Waals surface area contributed by atoms with E-state index in [0.717, 1.165) is 18.2 Å². The van der Waals surface area contributed by atoms with Gasteiger partial charge in [-0.05, 0) is 26.2 Å². The Bertz CT molecular complexity index is 283. The first-order valence-electron chi connectivity index (χ1n) is 5.76. The first-order valence-corrected chi connectivity index (χ1v) is 6.64. The van der Waals surface area contributed by atoms with Crippen LogP contribution in [0.15, 0.2) is 5.38 Å². The Morgan fingerprint density at radius 3 is 2.73 bits per heavy atom. The molecule has 0 amide bonds. The predicted molar refractivity (Wildman–Crippen MR) is 67.2 cm³/mol. The lowest BCUT2D eigenvalue weighted by molar-refractivity contribution is 0.412. The third-order valence-electron chi connectivity index (χ3n) is 2.72. The summed E-state index contributed by atoms with van der Waals surface area (Å²) in [7, 11) is 0. The highest BCUT2D eigenvalue weighted by Gasteiger charge is 2.07. The third-order valence-corrected chi connectivity index (χ3v) is 3.69. The van der Waals surface area contributed by atoms with Gasteiger partial charge in [-0.3, -0.25) is 0 Å². The van der Waals surface area contributed by atoms with Gasteiger partial charge in [0.1, 0.15) is 5.01 Å². The minimum Gasteiger partial charge on any atom is -0.308 e. The number of thiazole rings is 1. The topological polar surface area (TPSA) is 24.9 Å². The smallest absolute Gasteiger partial charge is 0.107 e. The van der Waals surface area contributed by atoms with Crippen LogP contribution >= 0.6 is 11.3 Å². The van der Waals surface area contributed by atoms with E-state index in [2.05, 4.69) is 36.5 Å². The van der Waals surface area contributed by atoms with E-state index in [1.54, 1.807) is 11.3 Å². The molecule has 2 nitrogen and oxygen atoms in total. The standard InChI is InChI=1S/C12H22N2S/c1-5-9(2)6-10(3)13-7-12-14-11(4)8-15-12/h8-10,13H,5-7H2,1-4H3. The van der Waals surface area contributed by atoms with Crippen LogP contribution in [0.4, 0.5) is 0 Å². The molecule has 0 radical (unpaired) electrons. The molecule has 0 saturated carbocycles. The highest BCUT2D eigenvalue weighted by molar-refractivity contribution is 7.09. The van der Waals surface area contributed by atoms with E-state index in [1.165, 1.54) is 17.8 Å². The molecule has 3 heteroatoms. The summed E-state index contributed by atoms with van der Waals surface area (Å²) >= 11 is 1.74. The number of hydrogen-bond donors (Lipinski definition) is 1. The SMILES string of the molecule is CCC(C)CC(C)NCc1nc(C)cs1. The Labute approximate surface area is 97.1 Å². The number of nitrogens with one attached hydrogen (secondary N) is 1. The van der Waals surface area contributed by atoms with E-state index in [1.807, 2.05) is 6.92 Å². The number of aryl methyl sites for hydroxylation is 1. The van der Waals surface area contributed by atoms with Gasteiger partial charge in [0.05, 0.1) is 0 Å². The van der Waals surface area contributed by atoms with Gasteiger partial charge in [0, 0.05) is 23.7 Å². The van der Waals surface area contributed by atoms with E-state index in [0.29, 0.717) is 6.04 Å². The van der Waals surface area contributed by atoms with E-state index in [9.17, 15) is 0 Å². The highest BCUT2D eigenvalue weighted by Crippen LogP contribution is 2.11. The van der Waals surface area contributed by atoms with Crippen LogP contribution in [0.5, 0.6) is 0 Å². The van der Waals surface area contributed by atoms with Crippen molar-refractivity contribution in [2.45, 2.75) is 53.1 Å². The van der Waals surface area contributed by atoms with Crippen LogP contribution in [0, 0.1) is 12.8 Å². The first kappa shape index (κ1) is 12.7. The van der Waals surface area contributed by atoms with Crippen LogP contribution in [0.25, 0.3) is 0 Å². The monoisotopic (exact) mass is 226 g/mol. The van der Waals surface area contributed by atoms with Crippen LogP contribution in [-0.2, 0) is 6.54 Å². The predicted octanol–water partition coefficient (Wildman–Crippen LogP) is 3.37. The van der Waals surface area contributed by atoms with Gasteiger partial charge in [-0.2, -0.15) is 0 Å². The van der Waals surface area contributed by atoms with Gasteiger partial charge in [0.25, 0.3) is 0 Å². The van der Waals surface area contributed by atoms with Crippen molar-refractivity contribution < 1.29 is 0 Å². The second-order valence-corrected chi connectivity index (χ2v) is 5.36. The van der Waals surface area contributed by atoms with Crippen LogP contribution in [0.3, 0.4) is 0 Å². The van der Waals surface area contributed by atoms with Crippen molar-refractivity contribution in [3.8, 4) is 0 Å². The minimum absolute atomic E-state index is 0.587. The van der Waals surface area contributed by atoms with Crippen molar-refractivity contribution in [3.05, 3.63) is 16.1 Å². The Balaban J connectivity index is 2.25. The number of rotatable bonds is 6. The fourth-order valence-electron chi connectivity index (χ4n) is 1.60. The summed E-state index contributed by atoms with van der Waals surface area (Å²) in [6, 6.07) is 0.587. The van der Waals surface area contributed by atoms with E-state index in [4.69, 9.17) is 0 Å². The number of hydrogen-bond acceptors (Lipinski definition) is 3. The maximum atomic E-state index is 4.44. The maximum absolute atomic E-state index is 4.44. The minimum atomic E-state index is 0.587. The van der Waals surface area contributed by atoms with Crippen LogP contribution in [-0.4, -0.2) is 11.0 Å².